The summed E-state index contributed by atoms with van der Waals surface area (Å²) in [6.45, 7) is 4.18. The van der Waals surface area contributed by atoms with Crippen molar-refractivity contribution in [1.29, 1.82) is 0 Å². The van der Waals surface area contributed by atoms with Crippen LogP contribution >= 0.6 is 11.6 Å². The lowest BCUT2D eigenvalue weighted by molar-refractivity contribution is 0.477. The number of benzene rings is 2. The molecule has 0 amide bonds. The van der Waals surface area contributed by atoms with Gasteiger partial charge in [0.05, 0.1) is 11.4 Å². The second-order valence-corrected chi connectivity index (χ2v) is 6.50. The molecule has 1 atom stereocenters. The van der Waals surface area contributed by atoms with E-state index in [1.54, 1.807) is 18.2 Å². The van der Waals surface area contributed by atoms with Gasteiger partial charge in [0.25, 0.3) is 0 Å². The van der Waals surface area contributed by atoms with Crippen LogP contribution in [0.15, 0.2) is 54.6 Å². The number of aromatic hydroxyl groups is 1. The molecule has 0 spiro atoms. The third kappa shape index (κ3) is 4.43. The summed E-state index contributed by atoms with van der Waals surface area (Å²) in [6, 6.07) is 16.8. The molecule has 0 unspecified atom stereocenters. The van der Waals surface area contributed by atoms with Gasteiger partial charge in [-0.3, -0.25) is 0 Å². The zero-order valence-electron chi connectivity index (χ0n) is 14.7. The van der Waals surface area contributed by atoms with Gasteiger partial charge in [-0.25, -0.2) is 4.98 Å². The van der Waals surface area contributed by atoms with Crippen LogP contribution in [0.25, 0.3) is 11.3 Å². The van der Waals surface area contributed by atoms with Gasteiger partial charge in [-0.1, -0.05) is 48.9 Å². The fourth-order valence-electron chi connectivity index (χ4n) is 2.40. The van der Waals surface area contributed by atoms with E-state index < -0.39 is 0 Å². The topological polar surface area (TPSA) is 70.1 Å². The maximum atomic E-state index is 10.1. The minimum absolute atomic E-state index is 0.103. The lowest BCUT2D eigenvalue weighted by Crippen LogP contribution is -2.16. The second-order valence-electron chi connectivity index (χ2n) is 6.07. The average molecular weight is 369 g/mol. The van der Waals surface area contributed by atoms with Crippen LogP contribution in [-0.4, -0.2) is 21.1 Å². The number of hydrogen-bond donors (Lipinski definition) is 3. The van der Waals surface area contributed by atoms with Crippen LogP contribution in [-0.2, 0) is 0 Å². The zero-order chi connectivity index (χ0) is 18.5. The van der Waals surface area contributed by atoms with E-state index in [4.69, 9.17) is 11.6 Å². The number of phenolic OH excluding ortho intramolecular Hbond substituents is 1. The molecule has 134 valence electrons. The minimum Gasteiger partial charge on any atom is -0.506 e. The Morgan fingerprint density at radius 2 is 1.85 bits per heavy atom. The van der Waals surface area contributed by atoms with Crippen molar-refractivity contribution >= 4 is 29.1 Å². The molecule has 0 fully saturated rings. The lowest BCUT2D eigenvalue weighted by Gasteiger charge is -2.15. The summed E-state index contributed by atoms with van der Waals surface area (Å²) in [4.78, 5) is 9.15. The summed E-state index contributed by atoms with van der Waals surface area (Å²) in [5.74, 6) is 1.21. The van der Waals surface area contributed by atoms with E-state index in [2.05, 4.69) is 34.4 Å². The van der Waals surface area contributed by atoms with E-state index in [9.17, 15) is 5.11 Å². The minimum atomic E-state index is 0.103. The van der Waals surface area contributed by atoms with Crippen molar-refractivity contribution < 1.29 is 5.11 Å². The molecule has 2 aromatic carbocycles. The molecule has 3 rings (SSSR count). The number of halogens is 1. The van der Waals surface area contributed by atoms with E-state index in [0.717, 1.165) is 17.7 Å². The van der Waals surface area contributed by atoms with Crippen LogP contribution in [0, 0.1) is 0 Å². The summed E-state index contributed by atoms with van der Waals surface area (Å²) >= 11 is 6.03. The fraction of sp³-hybridized carbons (Fsp3) is 0.200. The Kier molecular flexibility index (Phi) is 5.58. The normalized spacial score (nSPS) is 11.8. The average Bonchev–Trinajstić information content (AvgIpc) is 2.65. The van der Waals surface area contributed by atoms with Crippen molar-refractivity contribution in [2.45, 2.75) is 26.3 Å². The molecule has 6 heteroatoms. The molecule has 0 saturated heterocycles. The van der Waals surface area contributed by atoms with Crippen molar-refractivity contribution in [3.63, 3.8) is 0 Å². The zero-order valence-corrected chi connectivity index (χ0v) is 15.5. The van der Waals surface area contributed by atoms with Gasteiger partial charge in [-0.15, -0.1) is 0 Å². The van der Waals surface area contributed by atoms with E-state index in [0.29, 0.717) is 22.5 Å². The molecule has 5 nitrogen and oxygen atoms in total. The Labute approximate surface area is 158 Å². The molecule has 0 bridgehead atoms. The van der Waals surface area contributed by atoms with Crippen molar-refractivity contribution in [1.82, 2.24) is 9.97 Å². The molecule has 0 aliphatic rings. The molecule has 1 heterocycles. The quantitative estimate of drug-likeness (QED) is 0.504. The molecular formula is C20H21ClN4O. The second kappa shape index (κ2) is 8.06. The van der Waals surface area contributed by atoms with Gasteiger partial charge in [-0.05, 0) is 31.5 Å². The number of aromatic nitrogens is 2. The highest BCUT2D eigenvalue weighted by Gasteiger charge is 2.10. The van der Waals surface area contributed by atoms with Crippen molar-refractivity contribution in [2.24, 2.45) is 0 Å². The van der Waals surface area contributed by atoms with Crippen LogP contribution in [0.5, 0.6) is 5.75 Å². The number of phenols is 1. The number of nitrogens with one attached hydrogen (secondary N) is 2. The third-order valence-electron chi connectivity index (χ3n) is 4.00. The van der Waals surface area contributed by atoms with E-state index in [-0.39, 0.29) is 11.8 Å². The van der Waals surface area contributed by atoms with Gasteiger partial charge < -0.3 is 15.7 Å². The molecule has 26 heavy (non-hydrogen) atoms. The maximum absolute atomic E-state index is 10.1. The summed E-state index contributed by atoms with van der Waals surface area (Å²) in [5, 5.41) is 17.0. The Morgan fingerprint density at radius 3 is 2.58 bits per heavy atom. The molecule has 0 aliphatic heterocycles. The molecule has 0 saturated carbocycles. The van der Waals surface area contributed by atoms with Gasteiger partial charge in [0.2, 0.25) is 5.95 Å². The van der Waals surface area contributed by atoms with Crippen LogP contribution in [0.1, 0.15) is 20.3 Å². The smallest absolute Gasteiger partial charge is 0.225 e. The van der Waals surface area contributed by atoms with E-state index >= 15 is 0 Å². The number of anilines is 3. The predicted molar refractivity (Wildman–Crippen MR) is 107 cm³/mol. The molecule has 1 aromatic heterocycles. The Hall–Kier alpha value is -2.79. The van der Waals surface area contributed by atoms with Crippen LogP contribution in [0.4, 0.5) is 17.5 Å². The summed E-state index contributed by atoms with van der Waals surface area (Å²) in [5.41, 5.74) is 2.26. The van der Waals surface area contributed by atoms with E-state index in [1.165, 1.54) is 0 Å². The summed E-state index contributed by atoms with van der Waals surface area (Å²) < 4.78 is 0. The first-order valence-corrected chi connectivity index (χ1v) is 8.89. The van der Waals surface area contributed by atoms with E-state index in [1.807, 2.05) is 36.4 Å². The SMILES string of the molecule is CC[C@@H](C)Nc1nc(Nc2cc(Cl)ccc2O)cc(-c2ccccc2)n1. The molecule has 0 aliphatic carbocycles. The van der Waals surface area contributed by atoms with Gasteiger partial charge in [0.15, 0.2) is 0 Å². The van der Waals surface area contributed by atoms with Crippen LogP contribution in [0.2, 0.25) is 5.02 Å². The standard InChI is InChI=1S/C20H21ClN4O/c1-3-13(2)22-20-24-16(14-7-5-4-6-8-14)12-19(25-20)23-17-11-15(21)9-10-18(17)26/h4-13,26H,3H2,1-2H3,(H2,22,23,24,25)/t13-/m1/s1. The number of nitrogens with zero attached hydrogens (tertiary/aromatic N) is 2. The monoisotopic (exact) mass is 368 g/mol. The first-order valence-electron chi connectivity index (χ1n) is 8.51. The fourth-order valence-corrected chi connectivity index (χ4v) is 2.57. The van der Waals surface area contributed by atoms with Gasteiger partial charge in [0.1, 0.15) is 11.6 Å². The third-order valence-corrected chi connectivity index (χ3v) is 4.24. The Morgan fingerprint density at radius 1 is 1.08 bits per heavy atom. The van der Waals surface area contributed by atoms with Crippen molar-refractivity contribution in [2.75, 3.05) is 10.6 Å². The van der Waals surface area contributed by atoms with Crippen LogP contribution < -0.4 is 10.6 Å². The highest BCUT2D eigenvalue weighted by atomic mass is 35.5. The highest BCUT2D eigenvalue weighted by molar-refractivity contribution is 6.31. The molecule has 0 radical (unpaired) electrons. The van der Waals surface area contributed by atoms with Crippen LogP contribution in [0.3, 0.4) is 0 Å². The van der Waals surface area contributed by atoms with Crippen molar-refractivity contribution in [3.8, 4) is 17.0 Å². The summed E-state index contributed by atoms with van der Waals surface area (Å²) in [6.07, 6.45) is 0.955. The highest BCUT2D eigenvalue weighted by Crippen LogP contribution is 2.30. The molecular weight excluding hydrogens is 348 g/mol. The molecule has 3 N–H and O–H groups in total. The van der Waals surface area contributed by atoms with Gasteiger partial charge >= 0.3 is 0 Å². The van der Waals surface area contributed by atoms with Crippen molar-refractivity contribution in [3.05, 3.63) is 59.6 Å². The largest absolute Gasteiger partial charge is 0.506 e. The summed E-state index contributed by atoms with van der Waals surface area (Å²) in [7, 11) is 0. The Bertz CT molecular complexity index is 886. The molecule has 3 aromatic rings. The number of hydrogen-bond acceptors (Lipinski definition) is 5. The van der Waals surface area contributed by atoms with Gasteiger partial charge in [-0.2, -0.15) is 4.98 Å². The lowest BCUT2D eigenvalue weighted by atomic mass is 10.1. The number of rotatable bonds is 6. The van der Waals surface area contributed by atoms with Gasteiger partial charge in [0, 0.05) is 22.7 Å². The maximum Gasteiger partial charge on any atom is 0.225 e. The predicted octanol–water partition coefficient (Wildman–Crippen LogP) is 5.46. The first-order chi connectivity index (χ1) is 12.5. The Balaban J connectivity index is 2.00. The first kappa shape index (κ1) is 18.0.